The fourth-order valence-electron chi connectivity index (χ4n) is 2.32. The van der Waals surface area contributed by atoms with Crippen molar-refractivity contribution >= 4 is 40.0 Å². The first-order valence-electron chi connectivity index (χ1n) is 6.74. The van der Waals surface area contributed by atoms with Gasteiger partial charge in [0.2, 0.25) is 5.91 Å². The molecule has 2 aromatic rings. The van der Waals surface area contributed by atoms with Crippen LogP contribution in [0.15, 0.2) is 40.9 Å². The SMILES string of the molecule is COC(=O)c1ccsc1N1CCC(Sc2ccncc2)C1=O. The molecule has 22 heavy (non-hydrogen) atoms. The van der Waals surface area contributed by atoms with Crippen LogP contribution in [-0.4, -0.2) is 35.8 Å². The minimum absolute atomic E-state index is 0.0365. The van der Waals surface area contributed by atoms with Crippen LogP contribution in [0, 0.1) is 0 Å². The van der Waals surface area contributed by atoms with Crippen molar-refractivity contribution in [3.8, 4) is 0 Å². The Balaban J connectivity index is 1.77. The molecular weight excluding hydrogens is 320 g/mol. The molecule has 1 fully saturated rings. The van der Waals surface area contributed by atoms with Gasteiger partial charge in [0.25, 0.3) is 0 Å². The highest BCUT2D eigenvalue weighted by atomic mass is 32.2. The Labute approximate surface area is 136 Å². The van der Waals surface area contributed by atoms with Crippen LogP contribution < -0.4 is 4.90 Å². The lowest BCUT2D eigenvalue weighted by Crippen LogP contribution is -2.28. The number of methoxy groups -OCH3 is 1. The van der Waals surface area contributed by atoms with E-state index in [-0.39, 0.29) is 11.2 Å². The number of aromatic nitrogens is 1. The quantitative estimate of drug-likeness (QED) is 0.805. The van der Waals surface area contributed by atoms with E-state index in [0.29, 0.717) is 17.1 Å². The largest absolute Gasteiger partial charge is 0.465 e. The van der Waals surface area contributed by atoms with E-state index in [1.165, 1.54) is 30.2 Å². The Kier molecular flexibility index (Phi) is 4.44. The molecule has 0 bridgehead atoms. The van der Waals surface area contributed by atoms with E-state index in [0.717, 1.165) is 11.3 Å². The molecule has 1 amide bonds. The molecule has 1 saturated heterocycles. The number of amides is 1. The molecule has 7 heteroatoms. The molecule has 0 saturated carbocycles. The molecule has 1 aliphatic heterocycles. The second-order valence-electron chi connectivity index (χ2n) is 4.70. The van der Waals surface area contributed by atoms with Crippen LogP contribution in [0.4, 0.5) is 5.00 Å². The first kappa shape index (κ1) is 15.1. The van der Waals surface area contributed by atoms with Gasteiger partial charge in [-0.2, -0.15) is 0 Å². The standard InChI is InChI=1S/C15H14N2O3S2/c1-20-15(19)11-5-9-21-14(11)17-8-4-12(13(17)18)22-10-2-6-16-7-3-10/h2-3,5-7,9,12H,4,8H2,1H3. The van der Waals surface area contributed by atoms with Gasteiger partial charge in [0.05, 0.1) is 17.9 Å². The Morgan fingerprint density at radius 2 is 2.18 bits per heavy atom. The number of hydrogen-bond acceptors (Lipinski definition) is 6. The summed E-state index contributed by atoms with van der Waals surface area (Å²) in [7, 11) is 1.34. The highest BCUT2D eigenvalue weighted by molar-refractivity contribution is 8.00. The first-order chi connectivity index (χ1) is 10.7. The Bertz CT molecular complexity index is 687. The number of thiophene rings is 1. The summed E-state index contributed by atoms with van der Waals surface area (Å²) in [5.74, 6) is -0.372. The van der Waals surface area contributed by atoms with Gasteiger partial charge in [0.15, 0.2) is 0 Å². The molecule has 0 aromatic carbocycles. The van der Waals surface area contributed by atoms with Crippen molar-refractivity contribution in [2.75, 3.05) is 18.6 Å². The van der Waals surface area contributed by atoms with E-state index in [1.807, 2.05) is 12.1 Å². The number of nitrogens with zero attached hydrogens (tertiary/aromatic N) is 2. The minimum Gasteiger partial charge on any atom is -0.465 e. The Morgan fingerprint density at radius 3 is 2.91 bits per heavy atom. The highest BCUT2D eigenvalue weighted by Gasteiger charge is 2.35. The van der Waals surface area contributed by atoms with Gasteiger partial charge < -0.3 is 9.64 Å². The van der Waals surface area contributed by atoms with Crippen molar-refractivity contribution in [2.45, 2.75) is 16.6 Å². The van der Waals surface area contributed by atoms with Crippen LogP contribution in [0.3, 0.4) is 0 Å². The summed E-state index contributed by atoms with van der Waals surface area (Å²) in [6, 6.07) is 5.49. The third kappa shape index (κ3) is 2.86. The summed E-state index contributed by atoms with van der Waals surface area (Å²) in [4.78, 5) is 31.1. The maximum absolute atomic E-state index is 12.6. The number of carbonyl (C=O) groups is 2. The van der Waals surface area contributed by atoms with Gasteiger partial charge in [0.1, 0.15) is 5.00 Å². The summed E-state index contributed by atoms with van der Waals surface area (Å²) in [5.41, 5.74) is 0.454. The molecule has 0 radical (unpaired) electrons. The predicted octanol–water partition coefficient (Wildman–Crippen LogP) is 2.83. The van der Waals surface area contributed by atoms with Crippen molar-refractivity contribution in [3.63, 3.8) is 0 Å². The molecule has 1 aliphatic rings. The van der Waals surface area contributed by atoms with Gasteiger partial charge in [-0.3, -0.25) is 9.78 Å². The third-order valence-corrected chi connectivity index (χ3v) is 5.58. The van der Waals surface area contributed by atoms with E-state index in [4.69, 9.17) is 4.74 Å². The van der Waals surface area contributed by atoms with Crippen LogP contribution in [0.5, 0.6) is 0 Å². The zero-order chi connectivity index (χ0) is 15.5. The van der Waals surface area contributed by atoms with Crippen LogP contribution in [0.25, 0.3) is 0 Å². The average molecular weight is 334 g/mol. The van der Waals surface area contributed by atoms with E-state index in [2.05, 4.69) is 4.98 Å². The molecule has 2 aromatic heterocycles. The van der Waals surface area contributed by atoms with Crippen LogP contribution in [0.2, 0.25) is 0 Å². The maximum Gasteiger partial charge on any atom is 0.340 e. The highest BCUT2D eigenvalue weighted by Crippen LogP contribution is 2.36. The molecule has 0 N–H and O–H groups in total. The summed E-state index contributed by atoms with van der Waals surface area (Å²) in [5, 5.41) is 2.35. The van der Waals surface area contributed by atoms with Gasteiger partial charge in [-0.1, -0.05) is 0 Å². The molecule has 0 aliphatic carbocycles. The fraction of sp³-hybridized carbons (Fsp3) is 0.267. The predicted molar refractivity (Wildman–Crippen MR) is 86.5 cm³/mol. The van der Waals surface area contributed by atoms with Crippen molar-refractivity contribution in [1.82, 2.24) is 4.98 Å². The Morgan fingerprint density at radius 1 is 1.41 bits per heavy atom. The molecule has 5 nitrogen and oxygen atoms in total. The number of thioether (sulfide) groups is 1. The second-order valence-corrected chi connectivity index (χ2v) is 6.87. The van der Waals surface area contributed by atoms with Crippen molar-refractivity contribution in [1.29, 1.82) is 0 Å². The van der Waals surface area contributed by atoms with Crippen LogP contribution in [0.1, 0.15) is 16.8 Å². The molecule has 0 spiro atoms. The van der Waals surface area contributed by atoms with Crippen molar-refractivity contribution < 1.29 is 14.3 Å². The third-order valence-electron chi connectivity index (χ3n) is 3.38. The average Bonchev–Trinajstić information content (AvgIpc) is 3.15. The van der Waals surface area contributed by atoms with Gasteiger partial charge in [-0.25, -0.2) is 4.79 Å². The number of carbonyl (C=O) groups excluding carboxylic acids is 2. The summed E-state index contributed by atoms with van der Waals surface area (Å²) >= 11 is 2.93. The van der Waals surface area contributed by atoms with E-state index >= 15 is 0 Å². The first-order valence-corrected chi connectivity index (χ1v) is 8.50. The maximum atomic E-state index is 12.6. The van der Waals surface area contributed by atoms with Crippen LogP contribution >= 0.6 is 23.1 Å². The lowest BCUT2D eigenvalue weighted by atomic mass is 10.3. The zero-order valence-electron chi connectivity index (χ0n) is 11.9. The van der Waals surface area contributed by atoms with Crippen molar-refractivity contribution in [3.05, 3.63) is 41.5 Å². The van der Waals surface area contributed by atoms with Crippen LogP contribution in [-0.2, 0) is 9.53 Å². The van der Waals surface area contributed by atoms with Gasteiger partial charge >= 0.3 is 5.97 Å². The smallest absolute Gasteiger partial charge is 0.340 e. The molecular formula is C15H14N2O3S2. The summed E-state index contributed by atoms with van der Waals surface area (Å²) in [6.07, 6.45) is 4.19. The van der Waals surface area contributed by atoms with Crippen molar-refractivity contribution in [2.24, 2.45) is 0 Å². The number of pyridine rings is 1. The van der Waals surface area contributed by atoms with Gasteiger partial charge in [-0.05, 0) is 30.0 Å². The van der Waals surface area contributed by atoms with E-state index in [9.17, 15) is 9.59 Å². The number of esters is 1. The summed E-state index contributed by atoms with van der Waals surface area (Å²) in [6.45, 7) is 0.617. The minimum atomic E-state index is -0.408. The zero-order valence-corrected chi connectivity index (χ0v) is 13.5. The monoisotopic (exact) mass is 334 g/mol. The lowest BCUT2D eigenvalue weighted by Gasteiger charge is -2.16. The second kappa shape index (κ2) is 6.50. The molecule has 1 atom stereocenters. The normalized spacial score (nSPS) is 17.8. The topological polar surface area (TPSA) is 59.5 Å². The number of rotatable bonds is 4. The number of hydrogen-bond donors (Lipinski definition) is 0. The fourth-order valence-corrected chi connectivity index (χ4v) is 4.30. The lowest BCUT2D eigenvalue weighted by molar-refractivity contribution is -0.116. The van der Waals surface area contributed by atoms with E-state index in [1.54, 1.807) is 28.7 Å². The molecule has 114 valence electrons. The van der Waals surface area contributed by atoms with Gasteiger partial charge in [0, 0.05) is 23.8 Å². The van der Waals surface area contributed by atoms with E-state index < -0.39 is 5.97 Å². The number of anilines is 1. The Hall–Kier alpha value is -1.86. The molecule has 1 unspecified atom stereocenters. The number of ether oxygens (including phenoxy) is 1. The van der Waals surface area contributed by atoms with Gasteiger partial charge in [-0.15, -0.1) is 23.1 Å². The molecule has 3 rings (SSSR count). The summed E-state index contributed by atoms with van der Waals surface area (Å²) < 4.78 is 4.77. The molecule has 3 heterocycles.